The Morgan fingerprint density at radius 2 is 1.68 bits per heavy atom. The summed E-state index contributed by atoms with van der Waals surface area (Å²) in [7, 11) is 1.74. The molecule has 1 atom stereocenters. The van der Waals surface area contributed by atoms with Crippen LogP contribution >= 0.6 is 0 Å². The van der Waals surface area contributed by atoms with E-state index in [2.05, 4.69) is 0 Å². The summed E-state index contributed by atoms with van der Waals surface area (Å²) in [5.74, 6) is 0.550. The lowest BCUT2D eigenvalue weighted by atomic mass is 10.0. The van der Waals surface area contributed by atoms with E-state index in [4.69, 9.17) is 4.74 Å². The van der Waals surface area contributed by atoms with Crippen molar-refractivity contribution < 1.29 is 14.6 Å². The number of hydrogen-bond acceptors (Lipinski definition) is 3. The molecule has 22 heavy (non-hydrogen) atoms. The third kappa shape index (κ3) is 4.33. The third-order valence-corrected chi connectivity index (χ3v) is 3.55. The Bertz CT molecular complexity index is 571. The van der Waals surface area contributed by atoms with Crippen molar-refractivity contribution in [2.45, 2.75) is 12.5 Å². The van der Waals surface area contributed by atoms with E-state index in [1.54, 1.807) is 11.9 Å². The molecule has 116 valence electrons. The Morgan fingerprint density at radius 1 is 1.09 bits per heavy atom. The number of amides is 1. The van der Waals surface area contributed by atoms with Gasteiger partial charge in [0.25, 0.3) is 5.91 Å². The maximum absolute atomic E-state index is 12.3. The second kappa shape index (κ2) is 8.20. The van der Waals surface area contributed by atoms with Crippen LogP contribution in [0.5, 0.6) is 5.75 Å². The van der Waals surface area contributed by atoms with E-state index >= 15 is 0 Å². The van der Waals surface area contributed by atoms with E-state index in [1.165, 1.54) is 0 Å². The second-order valence-electron chi connectivity index (χ2n) is 5.05. The minimum atomic E-state index is -0.155. The minimum Gasteiger partial charge on any atom is -0.484 e. The summed E-state index contributed by atoms with van der Waals surface area (Å²) in [6, 6.07) is 18.8. The van der Waals surface area contributed by atoms with Crippen LogP contribution in [-0.2, 0) is 4.79 Å². The summed E-state index contributed by atoms with van der Waals surface area (Å²) < 4.78 is 5.50. The smallest absolute Gasteiger partial charge is 0.260 e. The lowest BCUT2D eigenvalue weighted by Gasteiger charge is -2.28. The molecular formula is C18H21NO3. The van der Waals surface area contributed by atoms with E-state index < -0.39 is 0 Å². The first-order valence-corrected chi connectivity index (χ1v) is 7.31. The molecule has 0 saturated carbocycles. The first-order valence-electron chi connectivity index (χ1n) is 7.31. The molecule has 0 aromatic heterocycles. The number of aliphatic hydroxyl groups is 1. The van der Waals surface area contributed by atoms with Gasteiger partial charge in [-0.15, -0.1) is 0 Å². The Kier molecular flexibility index (Phi) is 5.98. The highest BCUT2D eigenvalue weighted by molar-refractivity contribution is 5.78. The first-order chi connectivity index (χ1) is 10.7. The van der Waals surface area contributed by atoms with Crippen LogP contribution in [0.2, 0.25) is 0 Å². The number of carbonyl (C=O) groups is 1. The first kappa shape index (κ1) is 16.0. The van der Waals surface area contributed by atoms with Gasteiger partial charge < -0.3 is 14.7 Å². The van der Waals surface area contributed by atoms with Gasteiger partial charge in [0.05, 0.1) is 6.04 Å². The fraction of sp³-hybridized carbons (Fsp3) is 0.278. The van der Waals surface area contributed by atoms with Gasteiger partial charge in [0.15, 0.2) is 6.61 Å². The Morgan fingerprint density at radius 3 is 2.27 bits per heavy atom. The van der Waals surface area contributed by atoms with Crippen molar-refractivity contribution in [2.75, 3.05) is 20.3 Å². The molecule has 1 N–H and O–H groups in total. The quantitative estimate of drug-likeness (QED) is 0.855. The molecule has 1 unspecified atom stereocenters. The van der Waals surface area contributed by atoms with Crippen molar-refractivity contribution in [1.82, 2.24) is 4.90 Å². The average Bonchev–Trinajstić information content (AvgIpc) is 2.58. The number of benzene rings is 2. The predicted molar refractivity (Wildman–Crippen MR) is 85.6 cm³/mol. The van der Waals surface area contributed by atoms with Crippen LogP contribution in [0.1, 0.15) is 18.0 Å². The molecule has 0 aliphatic rings. The Labute approximate surface area is 131 Å². The summed E-state index contributed by atoms with van der Waals surface area (Å²) in [5, 5.41) is 9.27. The van der Waals surface area contributed by atoms with Gasteiger partial charge in [-0.05, 0) is 24.1 Å². The highest BCUT2D eigenvalue weighted by Crippen LogP contribution is 2.23. The van der Waals surface area contributed by atoms with Gasteiger partial charge in [-0.1, -0.05) is 48.5 Å². The van der Waals surface area contributed by atoms with Crippen LogP contribution in [0.25, 0.3) is 0 Å². The van der Waals surface area contributed by atoms with Crippen molar-refractivity contribution in [2.24, 2.45) is 0 Å². The van der Waals surface area contributed by atoms with Crippen molar-refractivity contribution in [3.63, 3.8) is 0 Å². The number of aliphatic hydroxyl groups excluding tert-OH is 1. The van der Waals surface area contributed by atoms with E-state index in [0.29, 0.717) is 12.2 Å². The van der Waals surface area contributed by atoms with E-state index in [-0.39, 0.29) is 25.2 Å². The fourth-order valence-corrected chi connectivity index (χ4v) is 2.32. The minimum absolute atomic E-state index is 0.0186. The predicted octanol–water partition coefficient (Wildman–Crippen LogP) is 2.65. The number of carbonyl (C=O) groups excluding carboxylic acids is 1. The van der Waals surface area contributed by atoms with Gasteiger partial charge in [-0.2, -0.15) is 0 Å². The van der Waals surface area contributed by atoms with Gasteiger partial charge in [-0.3, -0.25) is 4.79 Å². The second-order valence-corrected chi connectivity index (χ2v) is 5.05. The van der Waals surface area contributed by atoms with Crippen molar-refractivity contribution in [3.8, 4) is 5.75 Å². The molecule has 0 radical (unpaired) electrons. The number of para-hydroxylation sites is 1. The summed E-state index contributed by atoms with van der Waals surface area (Å²) >= 11 is 0. The molecule has 0 heterocycles. The fourth-order valence-electron chi connectivity index (χ4n) is 2.32. The molecular weight excluding hydrogens is 278 g/mol. The highest BCUT2D eigenvalue weighted by Gasteiger charge is 2.21. The van der Waals surface area contributed by atoms with Gasteiger partial charge in [0, 0.05) is 13.7 Å². The van der Waals surface area contributed by atoms with Crippen LogP contribution in [0.15, 0.2) is 60.7 Å². The maximum atomic E-state index is 12.3. The molecule has 0 bridgehead atoms. The molecule has 0 aliphatic heterocycles. The molecule has 0 fully saturated rings. The molecule has 0 spiro atoms. The molecule has 4 nitrogen and oxygen atoms in total. The van der Waals surface area contributed by atoms with E-state index in [1.807, 2.05) is 60.7 Å². The number of ether oxygens (including phenoxy) is 1. The zero-order valence-electron chi connectivity index (χ0n) is 12.7. The van der Waals surface area contributed by atoms with Crippen LogP contribution in [0, 0.1) is 0 Å². The van der Waals surface area contributed by atoms with Gasteiger partial charge in [-0.25, -0.2) is 0 Å². The maximum Gasteiger partial charge on any atom is 0.260 e. The van der Waals surface area contributed by atoms with E-state index in [0.717, 1.165) is 5.56 Å². The van der Waals surface area contributed by atoms with E-state index in [9.17, 15) is 9.90 Å². The van der Waals surface area contributed by atoms with Crippen molar-refractivity contribution >= 4 is 5.91 Å². The number of rotatable bonds is 7. The normalized spacial score (nSPS) is 11.7. The molecule has 4 heteroatoms. The van der Waals surface area contributed by atoms with Gasteiger partial charge in [0.2, 0.25) is 0 Å². The zero-order valence-corrected chi connectivity index (χ0v) is 12.7. The van der Waals surface area contributed by atoms with Crippen LogP contribution in [0.4, 0.5) is 0 Å². The van der Waals surface area contributed by atoms with Crippen molar-refractivity contribution in [3.05, 3.63) is 66.2 Å². The van der Waals surface area contributed by atoms with Gasteiger partial charge >= 0.3 is 0 Å². The average molecular weight is 299 g/mol. The van der Waals surface area contributed by atoms with Crippen LogP contribution < -0.4 is 4.74 Å². The molecule has 1 amide bonds. The third-order valence-electron chi connectivity index (χ3n) is 3.55. The molecule has 2 rings (SSSR count). The summed E-state index contributed by atoms with van der Waals surface area (Å²) in [6.45, 7) is 0.00595. The summed E-state index contributed by atoms with van der Waals surface area (Å²) in [5.41, 5.74) is 1.01. The summed E-state index contributed by atoms with van der Waals surface area (Å²) in [4.78, 5) is 14.0. The number of likely N-dealkylation sites (N-methyl/N-ethyl adjacent to an activating group) is 1. The monoisotopic (exact) mass is 299 g/mol. The van der Waals surface area contributed by atoms with Crippen molar-refractivity contribution in [1.29, 1.82) is 0 Å². The molecule has 0 saturated heterocycles. The lowest BCUT2D eigenvalue weighted by molar-refractivity contribution is -0.134. The van der Waals surface area contributed by atoms with Gasteiger partial charge in [0.1, 0.15) is 5.75 Å². The Balaban J connectivity index is 2.00. The zero-order chi connectivity index (χ0) is 15.8. The topological polar surface area (TPSA) is 49.8 Å². The highest BCUT2D eigenvalue weighted by atomic mass is 16.5. The van der Waals surface area contributed by atoms with Crippen LogP contribution in [0.3, 0.4) is 0 Å². The number of hydrogen-bond donors (Lipinski definition) is 1. The number of nitrogens with zero attached hydrogens (tertiary/aromatic N) is 1. The molecule has 2 aromatic carbocycles. The molecule has 0 aliphatic carbocycles. The van der Waals surface area contributed by atoms with Crippen LogP contribution in [-0.4, -0.2) is 36.2 Å². The molecule has 2 aromatic rings. The standard InChI is InChI=1S/C18H21NO3/c1-19(17(12-13-20)15-8-4-2-5-9-15)18(21)14-22-16-10-6-3-7-11-16/h2-11,17,20H,12-14H2,1H3. The largest absolute Gasteiger partial charge is 0.484 e. The lowest BCUT2D eigenvalue weighted by Crippen LogP contribution is -2.35. The summed E-state index contributed by atoms with van der Waals surface area (Å²) in [6.07, 6.45) is 0.498. The Hall–Kier alpha value is -2.33. The SMILES string of the molecule is CN(C(=O)COc1ccccc1)C(CCO)c1ccccc1.